The first-order chi connectivity index (χ1) is 8.45. The minimum absolute atomic E-state index is 0.393. The molecular weight excluding hydrogens is 238 g/mol. The van der Waals surface area contributed by atoms with Gasteiger partial charge in [-0.15, -0.1) is 0 Å². The van der Waals surface area contributed by atoms with Gasteiger partial charge in [0.2, 0.25) is 0 Å². The minimum atomic E-state index is -2.74. The Balaban J connectivity index is 1.88. The van der Waals surface area contributed by atoms with Gasteiger partial charge in [0.05, 0.1) is 25.0 Å². The van der Waals surface area contributed by atoms with Crippen molar-refractivity contribution in [2.45, 2.75) is 31.5 Å². The molecule has 2 aliphatic rings. The molecule has 2 fully saturated rings. The van der Waals surface area contributed by atoms with Crippen LogP contribution < -0.4 is 0 Å². The molecule has 0 spiro atoms. The van der Waals surface area contributed by atoms with Gasteiger partial charge in [0, 0.05) is 0 Å². The first-order valence-corrected chi connectivity index (χ1v) is 6.17. The van der Waals surface area contributed by atoms with Gasteiger partial charge in [0.1, 0.15) is 0 Å². The summed E-state index contributed by atoms with van der Waals surface area (Å²) in [6, 6.07) is 7.26. The first kappa shape index (κ1) is 12.1. The molecule has 2 unspecified atom stereocenters. The summed E-state index contributed by atoms with van der Waals surface area (Å²) in [5.74, 6) is -5.55. The fourth-order valence-corrected chi connectivity index (χ4v) is 2.88. The molecule has 2 atom stereocenters. The van der Waals surface area contributed by atoms with Gasteiger partial charge in [-0.05, 0) is 19.4 Å². The van der Waals surface area contributed by atoms with Gasteiger partial charge in [-0.3, -0.25) is 0 Å². The number of ether oxygens (including phenoxy) is 2. The number of rotatable bonds is 2. The molecule has 4 heteroatoms. The number of aryl methyl sites for hydroxylation is 1. The van der Waals surface area contributed by atoms with Gasteiger partial charge >= 0.3 is 0 Å². The molecule has 1 aliphatic carbocycles. The first-order valence-electron chi connectivity index (χ1n) is 6.17. The number of benzene rings is 1. The van der Waals surface area contributed by atoms with Crippen LogP contribution >= 0.6 is 0 Å². The smallest absolute Gasteiger partial charge is 0.264 e. The van der Waals surface area contributed by atoms with Crippen LogP contribution in [0.4, 0.5) is 8.78 Å². The summed E-state index contributed by atoms with van der Waals surface area (Å²) in [6.07, 6.45) is 0. The molecule has 1 saturated carbocycles. The summed E-state index contributed by atoms with van der Waals surface area (Å²) >= 11 is 0. The van der Waals surface area contributed by atoms with E-state index in [1.165, 1.54) is 0 Å². The van der Waals surface area contributed by atoms with E-state index in [9.17, 15) is 8.78 Å². The van der Waals surface area contributed by atoms with E-state index in [2.05, 4.69) is 0 Å². The van der Waals surface area contributed by atoms with Gasteiger partial charge in [-0.2, -0.15) is 0 Å². The predicted molar refractivity (Wildman–Crippen MR) is 62.7 cm³/mol. The lowest BCUT2D eigenvalue weighted by Gasteiger charge is -2.22. The molecule has 0 amide bonds. The van der Waals surface area contributed by atoms with Crippen molar-refractivity contribution in [3.05, 3.63) is 35.4 Å². The van der Waals surface area contributed by atoms with Crippen LogP contribution in [-0.2, 0) is 9.47 Å². The van der Waals surface area contributed by atoms with Crippen molar-refractivity contribution in [2.24, 2.45) is 5.92 Å². The van der Waals surface area contributed by atoms with Gasteiger partial charge in [-0.1, -0.05) is 29.8 Å². The summed E-state index contributed by atoms with van der Waals surface area (Å²) in [5, 5.41) is 0. The van der Waals surface area contributed by atoms with Crippen molar-refractivity contribution < 1.29 is 18.3 Å². The van der Waals surface area contributed by atoms with E-state index in [1.807, 2.05) is 19.1 Å². The summed E-state index contributed by atoms with van der Waals surface area (Å²) in [5.41, 5.74) is 1.73. The van der Waals surface area contributed by atoms with Gasteiger partial charge in [0.25, 0.3) is 5.92 Å². The Bertz CT molecular complexity index is 449. The summed E-state index contributed by atoms with van der Waals surface area (Å²) < 4.78 is 38.7. The molecule has 0 aromatic heterocycles. The predicted octanol–water partition coefficient (Wildman–Crippen LogP) is 3.11. The standard InChI is InChI=1S/C14H16F2O2/c1-9-3-5-10(6-4-9)11-12(14(11,15)16)13(2)17-7-8-18-13/h3-6,11-12H,7-8H2,1-2H3. The second-order valence-corrected chi connectivity index (χ2v) is 5.25. The van der Waals surface area contributed by atoms with Crippen LogP contribution in [0.1, 0.15) is 24.0 Å². The highest BCUT2D eigenvalue weighted by atomic mass is 19.3. The van der Waals surface area contributed by atoms with Crippen LogP contribution in [0.25, 0.3) is 0 Å². The quantitative estimate of drug-likeness (QED) is 0.807. The Kier molecular flexibility index (Phi) is 2.51. The highest BCUT2D eigenvalue weighted by Crippen LogP contribution is 2.67. The van der Waals surface area contributed by atoms with Crippen LogP contribution in [0.5, 0.6) is 0 Å². The lowest BCUT2D eigenvalue weighted by Crippen LogP contribution is -2.31. The average molecular weight is 254 g/mol. The van der Waals surface area contributed by atoms with Crippen molar-refractivity contribution in [1.29, 1.82) is 0 Å². The van der Waals surface area contributed by atoms with E-state index in [-0.39, 0.29) is 0 Å². The molecule has 0 radical (unpaired) electrons. The van der Waals surface area contributed by atoms with Crippen molar-refractivity contribution in [2.75, 3.05) is 13.2 Å². The third-order valence-electron chi connectivity index (χ3n) is 3.92. The Hall–Kier alpha value is -1.00. The van der Waals surface area contributed by atoms with E-state index in [0.717, 1.165) is 5.56 Å². The Morgan fingerprint density at radius 3 is 2.22 bits per heavy atom. The van der Waals surface area contributed by atoms with Crippen molar-refractivity contribution in [1.82, 2.24) is 0 Å². The number of alkyl halides is 2. The van der Waals surface area contributed by atoms with Crippen LogP contribution in [0.3, 0.4) is 0 Å². The third kappa shape index (κ3) is 1.67. The zero-order valence-corrected chi connectivity index (χ0v) is 10.5. The van der Waals surface area contributed by atoms with E-state index in [0.29, 0.717) is 18.8 Å². The summed E-state index contributed by atoms with van der Waals surface area (Å²) in [6.45, 7) is 4.34. The molecule has 0 N–H and O–H groups in total. The summed E-state index contributed by atoms with van der Waals surface area (Å²) in [4.78, 5) is 0. The van der Waals surface area contributed by atoms with Crippen molar-refractivity contribution in [3.8, 4) is 0 Å². The molecule has 1 saturated heterocycles. The van der Waals surface area contributed by atoms with E-state index < -0.39 is 23.5 Å². The SMILES string of the molecule is Cc1ccc(C2C(C3(C)OCCO3)C2(F)F)cc1. The normalized spacial score (nSPS) is 32.4. The molecule has 3 rings (SSSR count). The lowest BCUT2D eigenvalue weighted by atomic mass is 10.0. The van der Waals surface area contributed by atoms with Crippen LogP contribution in [-0.4, -0.2) is 24.9 Å². The molecular formula is C14H16F2O2. The third-order valence-corrected chi connectivity index (χ3v) is 3.92. The number of hydrogen-bond acceptors (Lipinski definition) is 2. The molecule has 18 heavy (non-hydrogen) atoms. The van der Waals surface area contributed by atoms with Crippen molar-refractivity contribution >= 4 is 0 Å². The topological polar surface area (TPSA) is 18.5 Å². The van der Waals surface area contributed by atoms with E-state index in [4.69, 9.17) is 9.47 Å². The fourth-order valence-electron chi connectivity index (χ4n) is 2.88. The Morgan fingerprint density at radius 2 is 1.67 bits per heavy atom. The van der Waals surface area contributed by atoms with Crippen LogP contribution in [0.15, 0.2) is 24.3 Å². The van der Waals surface area contributed by atoms with Crippen LogP contribution in [0.2, 0.25) is 0 Å². The number of hydrogen-bond donors (Lipinski definition) is 0. The molecule has 1 aromatic rings. The van der Waals surface area contributed by atoms with Gasteiger partial charge < -0.3 is 9.47 Å². The maximum absolute atomic E-state index is 14.0. The maximum atomic E-state index is 14.0. The van der Waals surface area contributed by atoms with Gasteiger partial charge in [-0.25, -0.2) is 8.78 Å². The zero-order chi connectivity index (χ0) is 13.0. The van der Waals surface area contributed by atoms with Crippen molar-refractivity contribution in [3.63, 3.8) is 0 Å². The Labute approximate surface area is 105 Å². The molecule has 98 valence electrons. The largest absolute Gasteiger partial charge is 0.347 e. The summed E-state index contributed by atoms with van der Waals surface area (Å²) in [7, 11) is 0. The monoisotopic (exact) mass is 254 g/mol. The highest BCUT2D eigenvalue weighted by Gasteiger charge is 2.76. The second-order valence-electron chi connectivity index (χ2n) is 5.25. The molecule has 0 bridgehead atoms. The molecule has 1 aromatic carbocycles. The number of halogens is 2. The average Bonchev–Trinajstić information content (AvgIpc) is 2.68. The minimum Gasteiger partial charge on any atom is -0.347 e. The second kappa shape index (κ2) is 3.75. The van der Waals surface area contributed by atoms with E-state index in [1.54, 1.807) is 19.1 Å². The maximum Gasteiger partial charge on any atom is 0.264 e. The van der Waals surface area contributed by atoms with Crippen LogP contribution in [0, 0.1) is 12.8 Å². The lowest BCUT2D eigenvalue weighted by molar-refractivity contribution is -0.174. The molecule has 1 aliphatic heterocycles. The van der Waals surface area contributed by atoms with E-state index >= 15 is 0 Å². The highest BCUT2D eigenvalue weighted by molar-refractivity contribution is 5.35. The zero-order valence-electron chi connectivity index (χ0n) is 10.5. The van der Waals surface area contributed by atoms with Gasteiger partial charge in [0.15, 0.2) is 5.79 Å². The molecule has 1 heterocycles. The fraction of sp³-hybridized carbons (Fsp3) is 0.571. The Morgan fingerprint density at radius 1 is 1.11 bits per heavy atom. The molecule has 2 nitrogen and oxygen atoms in total.